The Morgan fingerprint density at radius 1 is 1.27 bits per heavy atom. The lowest BCUT2D eigenvalue weighted by molar-refractivity contribution is -0.132. The number of amides is 1. The Morgan fingerprint density at radius 2 is 2.00 bits per heavy atom. The summed E-state index contributed by atoms with van der Waals surface area (Å²) in [6.45, 7) is 4.32. The van der Waals surface area contributed by atoms with Gasteiger partial charge in [-0.15, -0.1) is 11.3 Å². The topological polar surface area (TPSA) is 48.5 Å². The lowest BCUT2D eigenvalue weighted by atomic mass is 9.99. The van der Waals surface area contributed by atoms with Crippen LogP contribution in [-0.2, 0) is 11.2 Å². The van der Waals surface area contributed by atoms with Crippen LogP contribution in [-0.4, -0.2) is 60.0 Å². The summed E-state index contributed by atoms with van der Waals surface area (Å²) in [5, 5.41) is 5.88. The molecule has 3 heterocycles. The van der Waals surface area contributed by atoms with Gasteiger partial charge in [-0.2, -0.15) is 0 Å². The van der Waals surface area contributed by atoms with E-state index in [0.717, 1.165) is 36.8 Å². The minimum atomic E-state index is 0.227. The molecule has 1 aromatic heterocycles. The summed E-state index contributed by atoms with van der Waals surface area (Å²) < 4.78 is 0. The van der Waals surface area contributed by atoms with Crippen LogP contribution in [0, 0.1) is 0 Å². The minimum absolute atomic E-state index is 0.227. The fourth-order valence-electron chi connectivity index (χ4n) is 3.53. The second-order valence-electron chi connectivity index (χ2n) is 6.28. The molecule has 6 heteroatoms. The molecule has 0 aromatic carbocycles. The highest BCUT2D eigenvalue weighted by Gasteiger charge is 2.27. The van der Waals surface area contributed by atoms with E-state index in [1.54, 1.807) is 11.3 Å². The second kappa shape index (κ2) is 7.42. The maximum atomic E-state index is 12.4. The number of nitrogens with zero attached hydrogens (tertiary/aromatic N) is 3. The van der Waals surface area contributed by atoms with Gasteiger partial charge in [0.15, 0.2) is 5.13 Å². The Balaban J connectivity index is 1.47. The van der Waals surface area contributed by atoms with E-state index in [1.807, 2.05) is 17.3 Å². The molecule has 5 nitrogen and oxygen atoms in total. The Hall–Kier alpha value is -1.14. The molecule has 2 aliphatic heterocycles. The first-order valence-electron chi connectivity index (χ1n) is 8.40. The van der Waals surface area contributed by atoms with E-state index >= 15 is 0 Å². The van der Waals surface area contributed by atoms with E-state index in [9.17, 15) is 4.79 Å². The highest BCUT2D eigenvalue weighted by atomic mass is 32.1. The zero-order valence-corrected chi connectivity index (χ0v) is 14.2. The third-order valence-electron chi connectivity index (χ3n) is 4.82. The summed E-state index contributed by atoms with van der Waals surface area (Å²) in [5.74, 6) is 0.227. The van der Waals surface area contributed by atoms with Crippen LogP contribution >= 0.6 is 11.3 Å². The predicted molar refractivity (Wildman–Crippen MR) is 90.4 cm³/mol. The van der Waals surface area contributed by atoms with Crippen LogP contribution in [0.1, 0.15) is 37.8 Å². The quantitative estimate of drug-likeness (QED) is 0.923. The van der Waals surface area contributed by atoms with E-state index in [-0.39, 0.29) is 5.91 Å². The Labute approximate surface area is 136 Å². The molecule has 0 unspecified atom stereocenters. The predicted octanol–water partition coefficient (Wildman–Crippen LogP) is 2.20. The number of hydrogen-bond donors (Lipinski definition) is 1. The largest absolute Gasteiger partial charge is 0.365 e. The first kappa shape index (κ1) is 15.7. The molecule has 2 fully saturated rings. The molecule has 22 heavy (non-hydrogen) atoms. The normalized spacial score (nSPS) is 21.0. The molecule has 0 spiro atoms. The summed E-state index contributed by atoms with van der Waals surface area (Å²) in [6.07, 6.45) is 6.77. The highest BCUT2D eigenvalue weighted by Crippen LogP contribution is 2.22. The van der Waals surface area contributed by atoms with Crippen molar-refractivity contribution in [2.24, 2.45) is 0 Å². The van der Waals surface area contributed by atoms with Crippen LogP contribution in [0.3, 0.4) is 0 Å². The Morgan fingerprint density at radius 3 is 2.64 bits per heavy atom. The van der Waals surface area contributed by atoms with Crippen molar-refractivity contribution >= 4 is 22.4 Å². The summed E-state index contributed by atoms with van der Waals surface area (Å²) >= 11 is 1.56. The fourth-order valence-corrected chi connectivity index (χ4v) is 4.21. The fraction of sp³-hybridized carbons (Fsp3) is 0.750. The van der Waals surface area contributed by atoms with Gasteiger partial charge < -0.3 is 15.1 Å². The van der Waals surface area contributed by atoms with Gasteiger partial charge in [0.25, 0.3) is 0 Å². The van der Waals surface area contributed by atoms with Crippen molar-refractivity contribution in [2.75, 3.05) is 38.5 Å². The first-order valence-corrected chi connectivity index (χ1v) is 9.28. The highest BCUT2D eigenvalue weighted by molar-refractivity contribution is 7.13. The average Bonchev–Trinajstić information content (AvgIpc) is 3.03. The van der Waals surface area contributed by atoms with E-state index in [0.29, 0.717) is 12.5 Å². The maximum Gasteiger partial charge on any atom is 0.228 e. The van der Waals surface area contributed by atoms with E-state index in [2.05, 4.69) is 15.2 Å². The van der Waals surface area contributed by atoms with E-state index < -0.39 is 0 Å². The summed E-state index contributed by atoms with van der Waals surface area (Å²) in [7, 11) is 1.86. The number of anilines is 1. The van der Waals surface area contributed by atoms with Crippen molar-refractivity contribution in [1.29, 1.82) is 0 Å². The third-order valence-corrected chi connectivity index (χ3v) is 5.73. The summed E-state index contributed by atoms with van der Waals surface area (Å²) in [5.41, 5.74) is 0.887. The van der Waals surface area contributed by atoms with Crippen molar-refractivity contribution in [2.45, 2.75) is 44.6 Å². The molecule has 0 saturated carbocycles. The number of carbonyl (C=O) groups is 1. The standard InChI is InChI=1S/C16H26N4OS/c1-17-16-18-13(12-22-16)11-15(21)20-9-5-14(6-10-20)19-7-3-2-4-8-19/h12,14H,2-11H2,1H3,(H,17,18). The van der Waals surface area contributed by atoms with Crippen molar-refractivity contribution in [3.8, 4) is 0 Å². The van der Waals surface area contributed by atoms with Crippen LogP contribution in [0.5, 0.6) is 0 Å². The number of rotatable bonds is 4. The van der Waals surface area contributed by atoms with Gasteiger partial charge in [-0.3, -0.25) is 4.79 Å². The maximum absolute atomic E-state index is 12.4. The molecular weight excluding hydrogens is 296 g/mol. The number of aromatic nitrogens is 1. The molecule has 3 rings (SSSR count). The number of piperidine rings is 2. The molecule has 122 valence electrons. The van der Waals surface area contributed by atoms with Gasteiger partial charge in [-0.25, -0.2) is 4.98 Å². The monoisotopic (exact) mass is 322 g/mol. The van der Waals surface area contributed by atoms with Crippen LogP contribution in [0.15, 0.2) is 5.38 Å². The van der Waals surface area contributed by atoms with E-state index in [4.69, 9.17) is 0 Å². The lowest BCUT2D eigenvalue weighted by Gasteiger charge is -2.40. The molecule has 0 atom stereocenters. The van der Waals surface area contributed by atoms with Gasteiger partial charge in [-0.05, 0) is 38.8 Å². The molecule has 0 aliphatic carbocycles. The number of thiazole rings is 1. The molecule has 1 aromatic rings. The van der Waals surface area contributed by atoms with Crippen LogP contribution < -0.4 is 5.32 Å². The molecule has 0 bridgehead atoms. The van der Waals surface area contributed by atoms with Crippen molar-refractivity contribution in [1.82, 2.24) is 14.8 Å². The average molecular weight is 322 g/mol. The molecule has 2 aliphatic rings. The first-order chi connectivity index (χ1) is 10.8. The van der Waals surface area contributed by atoms with Gasteiger partial charge in [0.1, 0.15) is 0 Å². The van der Waals surface area contributed by atoms with Gasteiger partial charge >= 0.3 is 0 Å². The molecule has 0 radical (unpaired) electrons. The number of nitrogens with one attached hydrogen (secondary N) is 1. The number of carbonyl (C=O) groups excluding carboxylic acids is 1. The zero-order valence-electron chi connectivity index (χ0n) is 13.4. The molecule has 1 amide bonds. The Bertz CT molecular complexity index is 490. The zero-order chi connectivity index (χ0) is 15.4. The van der Waals surface area contributed by atoms with Crippen molar-refractivity contribution in [3.63, 3.8) is 0 Å². The molecule has 2 saturated heterocycles. The SMILES string of the molecule is CNc1nc(CC(=O)N2CCC(N3CCCCC3)CC2)cs1. The van der Waals surface area contributed by atoms with E-state index in [1.165, 1.54) is 32.4 Å². The van der Waals surface area contributed by atoms with Gasteiger partial charge in [-0.1, -0.05) is 6.42 Å². The van der Waals surface area contributed by atoms with Crippen LogP contribution in [0.25, 0.3) is 0 Å². The summed E-state index contributed by atoms with van der Waals surface area (Å²) in [6, 6.07) is 0.694. The molecule has 1 N–H and O–H groups in total. The molecular formula is C16H26N4OS. The van der Waals surface area contributed by atoms with Crippen LogP contribution in [0.4, 0.5) is 5.13 Å². The lowest BCUT2D eigenvalue weighted by Crippen LogP contribution is -2.48. The van der Waals surface area contributed by atoms with Crippen molar-refractivity contribution < 1.29 is 4.79 Å². The number of likely N-dealkylation sites (tertiary alicyclic amines) is 2. The summed E-state index contributed by atoms with van der Waals surface area (Å²) in [4.78, 5) is 21.5. The second-order valence-corrected chi connectivity index (χ2v) is 7.14. The number of hydrogen-bond acceptors (Lipinski definition) is 5. The smallest absolute Gasteiger partial charge is 0.228 e. The minimum Gasteiger partial charge on any atom is -0.365 e. The van der Waals surface area contributed by atoms with Gasteiger partial charge in [0.2, 0.25) is 5.91 Å². The van der Waals surface area contributed by atoms with Gasteiger partial charge in [0.05, 0.1) is 12.1 Å². The third kappa shape index (κ3) is 3.79. The Kier molecular flexibility index (Phi) is 5.31. The van der Waals surface area contributed by atoms with Crippen molar-refractivity contribution in [3.05, 3.63) is 11.1 Å². The van der Waals surface area contributed by atoms with Gasteiger partial charge in [0, 0.05) is 31.6 Å². The van der Waals surface area contributed by atoms with Crippen LogP contribution in [0.2, 0.25) is 0 Å².